The van der Waals surface area contributed by atoms with Crippen LogP contribution in [-0.4, -0.2) is 23.3 Å². The molecule has 0 saturated heterocycles. The number of benzene rings is 2. The van der Waals surface area contributed by atoms with Crippen LogP contribution in [0.1, 0.15) is 10.4 Å². The predicted molar refractivity (Wildman–Crippen MR) is 80.6 cm³/mol. The van der Waals surface area contributed by atoms with Crippen LogP contribution < -0.4 is 15.6 Å². The van der Waals surface area contributed by atoms with Gasteiger partial charge in [-0.15, -0.1) is 0 Å². The van der Waals surface area contributed by atoms with Gasteiger partial charge in [0.1, 0.15) is 0 Å². The van der Waals surface area contributed by atoms with Crippen LogP contribution in [0.3, 0.4) is 0 Å². The predicted octanol–water partition coefficient (Wildman–Crippen LogP) is 1.43. The summed E-state index contributed by atoms with van der Waals surface area (Å²) in [5.41, 5.74) is 4.53. The van der Waals surface area contributed by atoms with Crippen molar-refractivity contribution in [3.05, 3.63) is 70.3 Å². The topological polar surface area (TPSA) is 111 Å². The van der Waals surface area contributed by atoms with Gasteiger partial charge in [0.2, 0.25) is 0 Å². The highest BCUT2D eigenvalue weighted by Gasteiger charge is 2.15. The third kappa shape index (κ3) is 4.53. The van der Waals surface area contributed by atoms with E-state index < -0.39 is 23.3 Å². The van der Waals surface area contributed by atoms with Gasteiger partial charge in [-0.1, -0.05) is 30.3 Å². The van der Waals surface area contributed by atoms with Crippen molar-refractivity contribution in [3.8, 4) is 5.75 Å². The van der Waals surface area contributed by atoms with E-state index in [1.54, 1.807) is 36.4 Å². The molecular weight excluding hydrogens is 302 g/mol. The Morgan fingerprint density at radius 3 is 2.35 bits per heavy atom. The summed E-state index contributed by atoms with van der Waals surface area (Å²) in [4.78, 5) is 33.5. The van der Waals surface area contributed by atoms with Crippen LogP contribution in [0.15, 0.2) is 54.6 Å². The molecule has 0 aliphatic rings. The van der Waals surface area contributed by atoms with E-state index in [0.29, 0.717) is 5.56 Å². The SMILES string of the molecule is O=C(COc1ccccc1[N+](=O)[O-])NNC(=O)c1ccccc1. The summed E-state index contributed by atoms with van der Waals surface area (Å²) in [7, 11) is 0. The second-order valence-corrected chi connectivity index (χ2v) is 4.38. The van der Waals surface area contributed by atoms with Crippen LogP contribution in [0.5, 0.6) is 5.75 Å². The molecule has 0 heterocycles. The largest absolute Gasteiger partial charge is 0.477 e. The molecule has 0 aliphatic heterocycles. The van der Waals surface area contributed by atoms with Gasteiger partial charge in [0.05, 0.1) is 4.92 Å². The fourth-order valence-electron chi connectivity index (χ4n) is 1.70. The number of rotatable bonds is 5. The first-order valence-corrected chi connectivity index (χ1v) is 6.58. The fourth-order valence-corrected chi connectivity index (χ4v) is 1.70. The third-order valence-corrected chi connectivity index (χ3v) is 2.77. The lowest BCUT2D eigenvalue weighted by molar-refractivity contribution is -0.385. The summed E-state index contributed by atoms with van der Waals surface area (Å²) < 4.78 is 5.09. The molecule has 8 nitrogen and oxygen atoms in total. The van der Waals surface area contributed by atoms with Gasteiger partial charge in [-0.05, 0) is 18.2 Å². The monoisotopic (exact) mass is 315 g/mol. The average molecular weight is 315 g/mol. The van der Waals surface area contributed by atoms with E-state index in [4.69, 9.17) is 4.74 Å². The smallest absolute Gasteiger partial charge is 0.310 e. The second kappa shape index (κ2) is 7.55. The van der Waals surface area contributed by atoms with Crippen molar-refractivity contribution in [1.82, 2.24) is 10.9 Å². The number of hydrogen-bond acceptors (Lipinski definition) is 5. The Bertz CT molecular complexity index is 718. The van der Waals surface area contributed by atoms with E-state index in [0.717, 1.165) is 0 Å². The minimum Gasteiger partial charge on any atom is -0.477 e. The zero-order chi connectivity index (χ0) is 16.7. The van der Waals surface area contributed by atoms with Crippen molar-refractivity contribution in [2.75, 3.05) is 6.61 Å². The number of ether oxygens (including phenoxy) is 1. The van der Waals surface area contributed by atoms with Crippen LogP contribution in [0.4, 0.5) is 5.69 Å². The lowest BCUT2D eigenvalue weighted by Gasteiger charge is -2.09. The van der Waals surface area contributed by atoms with Crippen LogP contribution in [-0.2, 0) is 4.79 Å². The second-order valence-electron chi connectivity index (χ2n) is 4.38. The highest BCUT2D eigenvalue weighted by molar-refractivity contribution is 5.95. The van der Waals surface area contributed by atoms with E-state index in [2.05, 4.69) is 10.9 Å². The molecule has 2 aromatic carbocycles. The Kier molecular flexibility index (Phi) is 5.24. The van der Waals surface area contributed by atoms with E-state index in [1.807, 2.05) is 0 Å². The van der Waals surface area contributed by atoms with Crippen LogP contribution >= 0.6 is 0 Å². The zero-order valence-electron chi connectivity index (χ0n) is 11.9. The average Bonchev–Trinajstić information content (AvgIpc) is 2.58. The summed E-state index contributed by atoms with van der Waals surface area (Å²) in [6, 6.07) is 14.0. The van der Waals surface area contributed by atoms with Crippen molar-refractivity contribution in [2.24, 2.45) is 0 Å². The van der Waals surface area contributed by atoms with Crippen molar-refractivity contribution in [1.29, 1.82) is 0 Å². The molecule has 0 radical (unpaired) electrons. The number of carbonyl (C=O) groups is 2. The minimum atomic E-state index is -0.646. The van der Waals surface area contributed by atoms with Crippen molar-refractivity contribution < 1.29 is 19.2 Å². The molecule has 2 aromatic rings. The molecule has 0 fully saturated rings. The maximum absolute atomic E-state index is 11.7. The quantitative estimate of drug-likeness (QED) is 0.640. The molecule has 0 atom stereocenters. The normalized spacial score (nSPS) is 9.74. The van der Waals surface area contributed by atoms with Crippen LogP contribution in [0, 0.1) is 10.1 Å². The number of hydrogen-bond donors (Lipinski definition) is 2. The molecule has 2 N–H and O–H groups in total. The number of para-hydroxylation sites is 2. The lowest BCUT2D eigenvalue weighted by atomic mass is 10.2. The van der Waals surface area contributed by atoms with Crippen LogP contribution in [0.2, 0.25) is 0 Å². The number of nitro groups is 1. The highest BCUT2D eigenvalue weighted by Crippen LogP contribution is 2.25. The molecule has 118 valence electrons. The summed E-state index contributed by atoms with van der Waals surface area (Å²) >= 11 is 0. The van der Waals surface area contributed by atoms with E-state index in [-0.39, 0.29) is 11.4 Å². The number of hydrazine groups is 1. The van der Waals surface area contributed by atoms with Crippen molar-refractivity contribution in [2.45, 2.75) is 0 Å². The van der Waals surface area contributed by atoms with Gasteiger partial charge in [0.15, 0.2) is 12.4 Å². The zero-order valence-corrected chi connectivity index (χ0v) is 11.9. The minimum absolute atomic E-state index is 0.0259. The number of nitro benzene ring substituents is 1. The van der Waals surface area contributed by atoms with E-state index in [1.165, 1.54) is 18.2 Å². The van der Waals surface area contributed by atoms with Crippen molar-refractivity contribution in [3.63, 3.8) is 0 Å². The Labute approximate surface area is 131 Å². The molecule has 0 spiro atoms. The molecule has 0 saturated carbocycles. The highest BCUT2D eigenvalue weighted by atomic mass is 16.6. The van der Waals surface area contributed by atoms with Crippen LogP contribution in [0.25, 0.3) is 0 Å². The van der Waals surface area contributed by atoms with Gasteiger partial charge in [-0.2, -0.15) is 0 Å². The van der Waals surface area contributed by atoms with Gasteiger partial charge in [0, 0.05) is 11.6 Å². The molecule has 0 aliphatic carbocycles. The summed E-state index contributed by atoms with van der Waals surface area (Å²) in [6.07, 6.45) is 0. The number of nitrogens with one attached hydrogen (secondary N) is 2. The van der Waals surface area contributed by atoms with E-state index >= 15 is 0 Å². The van der Waals surface area contributed by atoms with Gasteiger partial charge < -0.3 is 4.74 Å². The molecule has 0 bridgehead atoms. The number of nitrogens with zero attached hydrogens (tertiary/aromatic N) is 1. The maximum atomic E-state index is 11.7. The van der Waals surface area contributed by atoms with E-state index in [9.17, 15) is 19.7 Å². The number of carbonyl (C=O) groups excluding carboxylic acids is 2. The van der Waals surface area contributed by atoms with Gasteiger partial charge >= 0.3 is 5.69 Å². The van der Waals surface area contributed by atoms with Gasteiger partial charge in [-0.3, -0.25) is 30.6 Å². The Hall–Kier alpha value is -3.42. The molecule has 0 aromatic heterocycles. The Morgan fingerprint density at radius 1 is 1.00 bits per heavy atom. The number of amides is 2. The summed E-state index contributed by atoms with van der Waals surface area (Å²) in [5, 5.41) is 10.8. The first-order valence-electron chi connectivity index (χ1n) is 6.58. The molecular formula is C15H13N3O5. The molecule has 0 unspecified atom stereocenters. The Balaban J connectivity index is 1.84. The lowest BCUT2D eigenvalue weighted by Crippen LogP contribution is -2.43. The van der Waals surface area contributed by atoms with Gasteiger partial charge in [-0.25, -0.2) is 0 Å². The Morgan fingerprint density at radius 2 is 1.65 bits per heavy atom. The molecule has 2 rings (SSSR count). The molecule has 2 amide bonds. The first kappa shape index (κ1) is 16.0. The fraction of sp³-hybridized carbons (Fsp3) is 0.0667. The summed E-state index contributed by atoms with van der Waals surface area (Å²) in [6.45, 7) is -0.472. The molecule has 8 heteroatoms. The standard InChI is InChI=1S/C15H13N3O5/c19-14(16-17-15(20)11-6-2-1-3-7-11)10-23-13-9-5-4-8-12(13)18(21)22/h1-9H,10H2,(H,16,19)(H,17,20). The van der Waals surface area contributed by atoms with Crippen molar-refractivity contribution >= 4 is 17.5 Å². The summed E-state index contributed by atoms with van der Waals surface area (Å²) in [5.74, 6) is -1.15. The van der Waals surface area contributed by atoms with Gasteiger partial charge in [0.25, 0.3) is 11.8 Å². The maximum Gasteiger partial charge on any atom is 0.310 e. The molecule has 23 heavy (non-hydrogen) atoms. The first-order chi connectivity index (χ1) is 11.1. The third-order valence-electron chi connectivity index (χ3n) is 2.77.